The standard InChI is InChI=1S/C30H39N3O4S/c1-4-5-15-31-17-10-14-30-25(28(36)33(26(30)29(31)37)22(19-34)20(2)3)24-23(38-30)13-9-16-32(27(24)35)18-21-11-7-6-8-12-21/h6-14,20,22-26,34H,4-5,15-19H2,1-3H3/t22-,23+,24-,25-,26?,30-/m0/s1. The number of aliphatic hydroxyl groups excluding tert-OH is 1. The number of likely N-dealkylation sites (tertiary alicyclic amines) is 1. The van der Waals surface area contributed by atoms with Crippen LogP contribution in [0, 0.1) is 17.8 Å². The first-order chi connectivity index (χ1) is 18.3. The zero-order valence-corrected chi connectivity index (χ0v) is 23.3. The van der Waals surface area contributed by atoms with Crippen molar-refractivity contribution in [1.29, 1.82) is 0 Å². The number of fused-ring (bicyclic) bond motifs is 2. The molecular formula is C30H39N3O4S. The third-order valence-corrected chi connectivity index (χ3v) is 10.3. The number of nitrogens with zero attached hydrogens (tertiary/aromatic N) is 3. The molecule has 4 heterocycles. The van der Waals surface area contributed by atoms with Crippen LogP contribution < -0.4 is 0 Å². The van der Waals surface area contributed by atoms with Crippen LogP contribution in [0.5, 0.6) is 0 Å². The Morgan fingerprint density at radius 1 is 1.03 bits per heavy atom. The average Bonchev–Trinajstić information content (AvgIpc) is 3.22. The number of hydrogen-bond donors (Lipinski definition) is 1. The molecule has 0 saturated carbocycles. The monoisotopic (exact) mass is 537 g/mol. The Morgan fingerprint density at radius 3 is 2.45 bits per heavy atom. The van der Waals surface area contributed by atoms with E-state index in [1.54, 1.807) is 16.7 Å². The molecule has 0 aliphatic carbocycles. The molecule has 3 amide bonds. The van der Waals surface area contributed by atoms with Crippen LogP contribution in [-0.4, -0.2) is 85.8 Å². The van der Waals surface area contributed by atoms with E-state index < -0.39 is 28.7 Å². The Labute approximate surface area is 229 Å². The van der Waals surface area contributed by atoms with Crippen LogP contribution in [0.1, 0.15) is 39.2 Å². The summed E-state index contributed by atoms with van der Waals surface area (Å²) >= 11 is 1.60. The van der Waals surface area contributed by atoms with Crippen molar-refractivity contribution in [3.05, 3.63) is 60.2 Å². The molecule has 204 valence electrons. The van der Waals surface area contributed by atoms with Crippen molar-refractivity contribution in [2.75, 3.05) is 26.2 Å². The predicted molar refractivity (Wildman–Crippen MR) is 149 cm³/mol. The molecule has 8 heteroatoms. The fourth-order valence-corrected chi connectivity index (χ4v) is 8.64. The summed E-state index contributed by atoms with van der Waals surface area (Å²) in [6.45, 7) is 7.91. The molecule has 1 unspecified atom stereocenters. The predicted octanol–water partition coefficient (Wildman–Crippen LogP) is 3.10. The van der Waals surface area contributed by atoms with E-state index in [-0.39, 0.29) is 35.5 Å². The van der Waals surface area contributed by atoms with E-state index >= 15 is 0 Å². The van der Waals surface area contributed by atoms with Crippen molar-refractivity contribution in [3.63, 3.8) is 0 Å². The summed E-state index contributed by atoms with van der Waals surface area (Å²) in [5, 5.41) is 10.2. The molecule has 1 aromatic carbocycles. The van der Waals surface area contributed by atoms with Crippen LogP contribution in [0.3, 0.4) is 0 Å². The van der Waals surface area contributed by atoms with E-state index in [4.69, 9.17) is 0 Å². The molecule has 0 radical (unpaired) electrons. The third-order valence-electron chi connectivity index (χ3n) is 8.58. The summed E-state index contributed by atoms with van der Waals surface area (Å²) in [6.07, 6.45) is 10.0. The van der Waals surface area contributed by atoms with Crippen LogP contribution in [0.25, 0.3) is 0 Å². The molecule has 7 nitrogen and oxygen atoms in total. The molecule has 5 rings (SSSR count). The lowest BCUT2D eigenvalue weighted by Gasteiger charge is -2.39. The van der Waals surface area contributed by atoms with Crippen molar-refractivity contribution in [2.45, 2.75) is 62.2 Å². The van der Waals surface area contributed by atoms with Gasteiger partial charge in [0, 0.05) is 31.4 Å². The Kier molecular flexibility index (Phi) is 7.74. The van der Waals surface area contributed by atoms with Gasteiger partial charge in [0.2, 0.25) is 17.7 Å². The van der Waals surface area contributed by atoms with E-state index in [1.807, 2.05) is 66.1 Å². The van der Waals surface area contributed by atoms with Gasteiger partial charge in [-0.2, -0.15) is 0 Å². The van der Waals surface area contributed by atoms with Gasteiger partial charge >= 0.3 is 0 Å². The highest BCUT2D eigenvalue weighted by atomic mass is 32.2. The molecule has 1 aromatic rings. The number of unbranched alkanes of at least 4 members (excludes halogenated alkanes) is 1. The van der Waals surface area contributed by atoms with Crippen LogP contribution in [0.4, 0.5) is 0 Å². The Bertz CT molecular complexity index is 1120. The van der Waals surface area contributed by atoms with Crippen LogP contribution in [-0.2, 0) is 20.9 Å². The topological polar surface area (TPSA) is 81.2 Å². The van der Waals surface area contributed by atoms with E-state index in [9.17, 15) is 19.5 Å². The Morgan fingerprint density at radius 2 is 1.76 bits per heavy atom. The van der Waals surface area contributed by atoms with E-state index in [2.05, 4.69) is 19.1 Å². The molecule has 38 heavy (non-hydrogen) atoms. The highest BCUT2D eigenvalue weighted by Crippen LogP contribution is 2.61. The van der Waals surface area contributed by atoms with Gasteiger partial charge in [-0.05, 0) is 17.9 Å². The number of carbonyl (C=O) groups is 3. The van der Waals surface area contributed by atoms with Gasteiger partial charge in [0.15, 0.2) is 0 Å². The molecule has 6 atom stereocenters. The summed E-state index contributed by atoms with van der Waals surface area (Å²) in [5.74, 6) is -1.54. The summed E-state index contributed by atoms with van der Waals surface area (Å²) in [7, 11) is 0. The lowest BCUT2D eigenvalue weighted by atomic mass is 9.78. The van der Waals surface area contributed by atoms with Crippen molar-refractivity contribution in [3.8, 4) is 0 Å². The molecule has 0 bridgehead atoms. The number of benzene rings is 1. The first-order valence-electron chi connectivity index (χ1n) is 13.9. The number of thioether (sulfide) groups is 1. The quantitative estimate of drug-likeness (QED) is 0.516. The maximum absolute atomic E-state index is 14.4. The Hall–Kier alpha value is -2.58. The highest BCUT2D eigenvalue weighted by molar-refractivity contribution is 8.02. The minimum absolute atomic E-state index is 0.0368. The fourth-order valence-electron chi connectivity index (χ4n) is 6.65. The lowest BCUT2D eigenvalue weighted by Crippen LogP contribution is -2.57. The van der Waals surface area contributed by atoms with E-state index in [1.165, 1.54) is 0 Å². The largest absolute Gasteiger partial charge is 0.394 e. The minimum atomic E-state index is -0.845. The number of rotatable bonds is 8. The molecule has 0 aromatic heterocycles. The van der Waals surface area contributed by atoms with Crippen molar-refractivity contribution in [1.82, 2.24) is 14.7 Å². The van der Waals surface area contributed by atoms with Gasteiger partial charge in [0.25, 0.3) is 0 Å². The van der Waals surface area contributed by atoms with Gasteiger partial charge in [-0.25, -0.2) is 0 Å². The number of aliphatic hydroxyl groups is 1. The summed E-state index contributed by atoms with van der Waals surface area (Å²) < 4.78 is -0.845. The summed E-state index contributed by atoms with van der Waals surface area (Å²) in [4.78, 5) is 48.2. The first kappa shape index (κ1) is 27.0. The minimum Gasteiger partial charge on any atom is -0.394 e. The van der Waals surface area contributed by atoms with Crippen LogP contribution in [0.2, 0.25) is 0 Å². The van der Waals surface area contributed by atoms with E-state index in [0.29, 0.717) is 26.2 Å². The average molecular weight is 538 g/mol. The maximum atomic E-state index is 14.4. The van der Waals surface area contributed by atoms with Crippen molar-refractivity contribution >= 4 is 29.5 Å². The normalized spacial score (nSPS) is 31.4. The molecule has 1 N–H and O–H groups in total. The van der Waals surface area contributed by atoms with E-state index in [0.717, 1.165) is 18.4 Å². The number of amides is 3. The maximum Gasteiger partial charge on any atom is 0.247 e. The lowest BCUT2D eigenvalue weighted by molar-refractivity contribution is -0.147. The van der Waals surface area contributed by atoms with Crippen molar-refractivity contribution < 1.29 is 19.5 Å². The Balaban J connectivity index is 1.57. The van der Waals surface area contributed by atoms with Crippen LogP contribution >= 0.6 is 11.8 Å². The second-order valence-electron chi connectivity index (χ2n) is 11.3. The second kappa shape index (κ2) is 10.9. The number of hydrogen-bond acceptors (Lipinski definition) is 5. The number of carbonyl (C=O) groups excluding carboxylic acids is 3. The first-order valence-corrected chi connectivity index (χ1v) is 14.8. The fraction of sp³-hybridized carbons (Fsp3) is 0.567. The molecule has 4 aliphatic rings. The molecular weight excluding hydrogens is 498 g/mol. The second-order valence-corrected chi connectivity index (χ2v) is 12.7. The van der Waals surface area contributed by atoms with Gasteiger partial charge in [-0.3, -0.25) is 14.4 Å². The third kappa shape index (κ3) is 4.39. The zero-order chi connectivity index (χ0) is 27.0. The van der Waals surface area contributed by atoms with Gasteiger partial charge in [-0.1, -0.05) is 81.8 Å². The van der Waals surface area contributed by atoms with Crippen molar-refractivity contribution in [2.24, 2.45) is 17.8 Å². The molecule has 1 spiro atoms. The van der Waals surface area contributed by atoms with Crippen LogP contribution in [0.15, 0.2) is 54.6 Å². The highest BCUT2D eigenvalue weighted by Gasteiger charge is 2.71. The molecule has 2 fully saturated rings. The van der Waals surface area contributed by atoms with Gasteiger partial charge in [0.05, 0.1) is 29.2 Å². The zero-order valence-electron chi connectivity index (χ0n) is 22.5. The van der Waals surface area contributed by atoms with Gasteiger partial charge < -0.3 is 19.8 Å². The van der Waals surface area contributed by atoms with Gasteiger partial charge in [-0.15, -0.1) is 11.8 Å². The molecule has 4 aliphatic heterocycles. The smallest absolute Gasteiger partial charge is 0.247 e. The SMILES string of the molecule is CCCCN1CC=C[C@]23S[C@@H]4C=CCN(Cc5ccccc5)C(=O)[C@@H]4[C@H]2C(=O)N([C@@H](CO)C(C)C)C3C1=O. The summed E-state index contributed by atoms with van der Waals surface area (Å²) in [5.41, 5.74) is 1.04. The summed E-state index contributed by atoms with van der Waals surface area (Å²) in [6, 6.07) is 8.67. The van der Waals surface area contributed by atoms with Gasteiger partial charge in [0.1, 0.15) is 6.04 Å². The molecule has 2 saturated heterocycles.